The SMILES string of the molecule is Brc1ccc(CNCc2ncco2)cc1. The predicted molar refractivity (Wildman–Crippen MR) is 61.2 cm³/mol. The quantitative estimate of drug-likeness (QED) is 0.925. The fraction of sp³-hybridized carbons (Fsp3) is 0.182. The van der Waals surface area contributed by atoms with Gasteiger partial charge in [0.2, 0.25) is 5.89 Å². The lowest BCUT2D eigenvalue weighted by atomic mass is 10.2. The predicted octanol–water partition coefficient (Wildman–Crippen LogP) is 2.73. The maximum atomic E-state index is 5.11. The van der Waals surface area contributed by atoms with Crippen LogP contribution in [0.15, 0.2) is 45.6 Å². The Kier molecular flexibility index (Phi) is 3.53. The molecule has 3 nitrogen and oxygen atoms in total. The van der Waals surface area contributed by atoms with Crippen molar-refractivity contribution in [1.82, 2.24) is 10.3 Å². The van der Waals surface area contributed by atoms with Crippen molar-refractivity contribution in [3.05, 3.63) is 52.7 Å². The van der Waals surface area contributed by atoms with E-state index in [4.69, 9.17) is 4.42 Å². The van der Waals surface area contributed by atoms with Gasteiger partial charge in [0.25, 0.3) is 0 Å². The number of nitrogens with zero attached hydrogens (tertiary/aromatic N) is 1. The van der Waals surface area contributed by atoms with Crippen molar-refractivity contribution in [3.8, 4) is 0 Å². The molecule has 1 N–H and O–H groups in total. The van der Waals surface area contributed by atoms with Crippen molar-refractivity contribution in [3.63, 3.8) is 0 Å². The Bertz CT molecular complexity index is 397. The summed E-state index contributed by atoms with van der Waals surface area (Å²) in [6.07, 6.45) is 3.23. The number of hydrogen-bond donors (Lipinski definition) is 1. The molecule has 0 amide bonds. The summed E-state index contributed by atoms with van der Waals surface area (Å²) < 4.78 is 6.21. The molecule has 0 atom stereocenters. The zero-order valence-corrected chi connectivity index (χ0v) is 9.70. The van der Waals surface area contributed by atoms with Crippen LogP contribution in [0.2, 0.25) is 0 Å². The van der Waals surface area contributed by atoms with E-state index in [1.54, 1.807) is 12.5 Å². The molecule has 4 heteroatoms. The molecule has 0 bridgehead atoms. The molecule has 1 aromatic heterocycles. The van der Waals surface area contributed by atoms with E-state index in [0.29, 0.717) is 12.4 Å². The molecule has 0 saturated carbocycles. The third-order valence-electron chi connectivity index (χ3n) is 2.00. The highest BCUT2D eigenvalue weighted by Gasteiger charge is 1.96. The van der Waals surface area contributed by atoms with Crippen molar-refractivity contribution >= 4 is 15.9 Å². The van der Waals surface area contributed by atoms with Crippen LogP contribution in [0.25, 0.3) is 0 Å². The lowest BCUT2D eigenvalue weighted by molar-refractivity contribution is 0.468. The first-order chi connectivity index (χ1) is 7.34. The Balaban J connectivity index is 1.81. The van der Waals surface area contributed by atoms with E-state index < -0.39 is 0 Å². The number of benzene rings is 1. The number of hydrogen-bond acceptors (Lipinski definition) is 3. The minimum Gasteiger partial charge on any atom is -0.448 e. The van der Waals surface area contributed by atoms with Gasteiger partial charge in [-0.1, -0.05) is 28.1 Å². The van der Waals surface area contributed by atoms with Gasteiger partial charge in [-0.15, -0.1) is 0 Å². The van der Waals surface area contributed by atoms with Gasteiger partial charge in [0.1, 0.15) is 6.26 Å². The molecule has 0 unspecified atom stereocenters. The number of nitrogens with one attached hydrogen (secondary N) is 1. The Labute approximate surface area is 96.6 Å². The molecule has 0 aliphatic heterocycles. The first-order valence-corrected chi connectivity index (χ1v) is 5.47. The summed E-state index contributed by atoms with van der Waals surface area (Å²) in [5, 5.41) is 3.25. The molecule has 78 valence electrons. The second kappa shape index (κ2) is 5.09. The molecule has 0 aliphatic rings. The topological polar surface area (TPSA) is 38.1 Å². The van der Waals surface area contributed by atoms with Gasteiger partial charge in [0.15, 0.2) is 0 Å². The first kappa shape index (κ1) is 10.4. The van der Waals surface area contributed by atoms with Crippen LogP contribution >= 0.6 is 15.9 Å². The van der Waals surface area contributed by atoms with Gasteiger partial charge >= 0.3 is 0 Å². The van der Waals surface area contributed by atoms with Gasteiger partial charge in [-0.25, -0.2) is 4.98 Å². The monoisotopic (exact) mass is 266 g/mol. The first-order valence-electron chi connectivity index (χ1n) is 4.68. The summed E-state index contributed by atoms with van der Waals surface area (Å²) in [5.41, 5.74) is 1.24. The maximum Gasteiger partial charge on any atom is 0.207 e. The van der Waals surface area contributed by atoms with Gasteiger partial charge in [-0.3, -0.25) is 0 Å². The van der Waals surface area contributed by atoms with Crippen LogP contribution in [0.1, 0.15) is 11.5 Å². The molecule has 0 saturated heterocycles. The standard InChI is InChI=1S/C11H11BrN2O/c12-10-3-1-9(2-4-10)7-13-8-11-14-5-6-15-11/h1-6,13H,7-8H2. The van der Waals surface area contributed by atoms with Crippen LogP contribution < -0.4 is 5.32 Å². The average Bonchev–Trinajstić information content (AvgIpc) is 2.74. The summed E-state index contributed by atoms with van der Waals surface area (Å²) in [6.45, 7) is 1.47. The highest BCUT2D eigenvalue weighted by Crippen LogP contribution is 2.10. The average molecular weight is 267 g/mol. The van der Waals surface area contributed by atoms with Crippen molar-refractivity contribution in [2.45, 2.75) is 13.1 Å². The minimum atomic E-state index is 0.656. The van der Waals surface area contributed by atoms with Crippen LogP contribution in [0.4, 0.5) is 0 Å². The van der Waals surface area contributed by atoms with Gasteiger partial charge in [0.05, 0.1) is 12.7 Å². The smallest absolute Gasteiger partial charge is 0.207 e. The second-order valence-corrected chi connectivity index (χ2v) is 4.07. The van der Waals surface area contributed by atoms with Crippen molar-refractivity contribution in [2.75, 3.05) is 0 Å². The van der Waals surface area contributed by atoms with Crippen LogP contribution in [0, 0.1) is 0 Å². The molecule has 0 aliphatic carbocycles. The summed E-state index contributed by atoms with van der Waals surface area (Å²) >= 11 is 3.40. The molecule has 0 fully saturated rings. The molecule has 2 aromatic rings. The molecule has 2 rings (SSSR count). The summed E-state index contributed by atoms with van der Waals surface area (Å²) in [7, 11) is 0. The Hall–Kier alpha value is -1.13. The van der Waals surface area contributed by atoms with Crippen LogP contribution in [-0.4, -0.2) is 4.98 Å². The third-order valence-corrected chi connectivity index (χ3v) is 2.53. The van der Waals surface area contributed by atoms with Crippen molar-refractivity contribution in [2.24, 2.45) is 0 Å². The highest BCUT2D eigenvalue weighted by atomic mass is 79.9. The zero-order valence-electron chi connectivity index (χ0n) is 8.11. The Morgan fingerprint density at radius 1 is 1.20 bits per heavy atom. The van der Waals surface area contributed by atoms with E-state index in [2.05, 4.69) is 38.4 Å². The van der Waals surface area contributed by atoms with Crippen molar-refractivity contribution in [1.29, 1.82) is 0 Å². The third kappa shape index (κ3) is 3.18. The van der Waals surface area contributed by atoms with Crippen LogP contribution in [0.5, 0.6) is 0 Å². The summed E-state index contributed by atoms with van der Waals surface area (Å²) in [4.78, 5) is 4.02. The number of aromatic nitrogens is 1. The molecule has 0 radical (unpaired) electrons. The molecular weight excluding hydrogens is 256 g/mol. The van der Waals surface area contributed by atoms with E-state index in [1.807, 2.05) is 12.1 Å². The van der Waals surface area contributed by atoms with Crippen LogP contribution in [0.3, 0.4) is 0 Å². The lowest BCUT2D eigenvalue weighted by Gasteiger charge is -2.02. The second-order valence-electron chi connectivity index (χ2n) is 3.16. The van der Waals surface area contributed by atoms with Gasteiger partial charge in [-0.05, 0) is 17.7 Å². The van der Waals surface area contributed by atoms with Crippen LogP contribution in [-0.2, 0) is 13.1 Å². The van der Waals surface area contributed by atoms with E-state index in [9.17, 15) is 0 Å². The summed E-state index contributed by atoms with van der Waals surface area (Å²) in [5.74, 6) is 0.715. The molecule has 1 aromatic carbocycles. The fourth-order valence-electron chi connectivity index (χ4n) is 1.26. The van der Waals surface area contributed by atoms with Gasteiger partial charge in [0, 0.05) is 11.0 Å². The number of rotatable bonds is 4. The largest absolute Gasteiger partial charge is 0.448 e. The Morgan fingerprint density at radius 3 is 2.67 bits per heavy atom. The van der Waals surface area contributed by atoms with E-state index >= 15 is 0 Å². The van der Waals surface area contributed by atoms with Crippen molar-refractivity contribution < 1.29 is 4.42 Å². The lowest BCUT2D eigenvalue weighted by Crippen LogP contribution is -2.12. The fourth-order valence-corrected chi connectivity index (χ4v) is 1.52. The molecule has 0 spiro atoms. The normalized spacial score (nSPS) is 10.5. The number of oxazole rings is 1. The molecule has 1 heterocycles. The molecular formula is C11H11BrN2O. The zero-order chi connectivity index (χ0) is 10.5. The summed E-state index contributed by atoms with van der Waals surface area (Å²) in [6, 6.07) is 8.21. The minimum absolute atomic E-state index is 0.656. The van der Waals surface area contributed by atoms with Gasteiger partial charge in [-0.2, -0.15) is 0 Å². The highest BCUT2D eigenvalue weighted by molar-refractivity contribution is 9.10. The van der Waals surface area contributed by atoms with Gasteiger partial charge < -0.3 is 9.73 Å². The van der Waals surface area contributed by atoms with E-state index in [-0.39, 0.29) is 0 Å². The molecule has 15 heavy (non-hydrogen) atoms. The number of halogens is 1. The van der Waals surface area contributed by atoms with E-state index in [1.165, 1.54) is 5.56 Å². The maximum absolute atomic E-state index is 5.11. The Morgan fingerprint density at radius 2 is 2.00 bits per heavy atom. The van der Waals surface area contributed by atoms with E-state index in [0.717, 1.165) is 11.0 Å².